The van der Waals surface area contributed by atoms with Crippen LogP contribution in [0.3, 0.4) is 0 Å². The van der Waals surface area contributed by atoms with Crippen LogP contribution < -0.4 is 5.32 Å². The Bertz CT molecular complexity index is 341. The van der Waals surface area contributed by atoms with Crippen molar-refractivity contribution in [2.24, 2.45) is 4.99 Å². The van der Waals surface area contributed by atoms with Gasteiger partial charge in [0.2, 0.25) is 0 Å². The van der Waals surface area contributed by atoms with Gasteiger partial charge in [-0.3, -0.25) is 0 Å². The monoisotopic (exact) mass is 164 g/mol. The molecule has 3 heteroatoms. The van der Waals surface area contributed by atoms with Gasteiger partial charge in [-0.25, -0.2) is 4.99 Å². The molecule has 0 saturated carbocycles. The lowest BCUT2D eigenvalue weighted by Crippen LogP contribution is -2.14. The number of halogens is 1. The summed E-state index contributed by atoms with van der Waals surface area (Å²) < 4.78 is 0. The molecule has 0 unspecified atom stereocenters. The highest BCUT2D eigenvalue weighted by atomic mass is 35.5. The number of hydrogen-bond acceptors (Lipinski definition) is 2. The van der Waals surface area contributed by atoms with Crippen molar-refractivity contribution < 1.29 is 0 Å². The summed E-state index contributed by atoms with van der Waals surface area (Å²) in [5, 5.41) is 3.59. The predicted octanol–water partition coefficient (Wildman–Crippen LogP) is 1.68. The number of hydrogen-bond donors (Lipinski definition) is 1. The first-order chi connectivity index (χ1) is 5.36. The number of fused-ring (bicyclic) bond motifs is 1. The highest BCUT2D eigenvalue weighted by Gasteiger charge is 2.08. The molecule has 2 rings (SSSR count). The smallest absolute Gasteiger partial charge is 0.106 e. The van der Waals surface area contributed by atoms with Crippen molar-refractivity contribution in [2.45, 2.75) is 0 Å². The van der Waals surface area contributed by atoms with Crippen molar-refractivity contribution in [3.8, 4) is 0 Å². The van der Waals surface area contributed by atoms with Crippen LogP contribution in [0.4, 0.5) is 0 Å². The van der Waals surface area contributed by atoms with Gasteiger partial charge < -0.3 is 5.32 Å². The minimum Gasteiger partial charge on any atom is -0.344 e. The topological polar surface area (TPSA) is 24.4 Å². The van der Waals surface area contributed by atoms with E-state index in [-0.39, 0.29) is 0 Å². The van der Waals surface area contributed by atoms with Crippen molar-refractivity contribution in [3.63, 3.8) is 0 Å². The van der Waals surface area contributed by atoms with Crippen LogP contribution in [0, 0.1) is 0 Å². The molecular formula is C8H5ClN2. The molecule has 0 aliphatic carbocycles. The average molecular weight is 165 g/mol. The van der Waals surface area contributed by atoms with Crippen LogP contribution in [0.2, 0.25) is 0 Å². The molecule has 2 aliphatic rings. The molecule has 11 heavy (non-hydrogen) atoms. The van der Waals surface area contributed by atoms with Crippen molar-refractivity contribution in [2.75, 3.05) is 0 Å². The number of allylic oxidation sites excluding steroid dienone is 3. The largest absolute Gasteiger partial charge is 0.344 e. The molecule has 0 atom stereocenters. The van der Waals surface area contributed by atoms with Gasteiger partial charge in [0, 0.05) is 11.6 Å². The molecule has 0 radical (unpaired) electrons. The molecule has 54 valence electrons. The molecule has 0 amide bonds. The first-order valence-electron chi connectivity index (χ1n) is 3.20. The highest BCUT2D eigenvalue weighted by molar-refractivity contribution is 6.29. The summed E-state index contributed by atoms with van der Waals surface area (Å²) in [6, 6.07) is 0. The fraction of sp³-hybridized carbons (Fsp3) is 0. The number of nitrogens with zero attached hydrogens (tertiary/aromatic N) is 1. The lowest BCUT2D eigenvalue weighted by atomic mass is 10.1. The maximum Gasteiger partial charge on any atom is 0.106 e. The van der Waals surface area contributed by atoms with Gasteiger partial charge in [-0.2, -0.15) is 0 Å². The summed E-state index contributed by atoms with van der Waals surface area (Å²) in [4.78, 5) is 3.84. The molecule has 2 nitrogen and oxygen atoms in total. The van der Waals surface area contributed by atoms with E-state index in [4.69, 9.17) is 11.6 Å². The van der Waals surface area contributed by atoms with Gasteiger partial charge in [0.25, 0.3) is 0 Å². The van der Waals surface area contributed by atoms with Crippen LogP contribution in [0.25, 0.3) is 0 Å². The maximum atomic E-state index is 5.73. The van der Waals surface area contributed by atoms with E-state index in [9.17, 15) is 0 Å². The maximum absolute atomic E-state index is 5.73. The molecule has 1 N–H and O–H groups in total. The van der Waals surface area contributed by atoms with Crippen LogP contribution in [0.5, 0.6) is 0 Å². The molecule has 0 aromatic carbocycles. The number of dihydropyridines is 1. The van der Waals surface area contributed by atoms with Crippen LogP contribution in [0.1, 0.15) is 0 Å². The molecule has 0 aromatic rings. The Morgan fingerprint density at radius 3 is 3.27 bits per heavy atom. The van der Waals surface area contributed by atoms with Crippen molar-refractivity contribution in [3.05, 3.63) is 40.9 Å². The molecule has 0 fully saturated rings. The van der Waals surface area contributed by atoms with Crippen molar-refractivity contribution >= 4 is 17.5 Å². The third-order valence-electron chi connectivity index (χ3n) is 1.46. The third-order valence-corrected chi connectivity index (χ3v) is 1.68. The summed E-state index contributed by atoms with van der Waals surface area (Å²) >= 11 is 5.73. The fourth-order valence-corrected chi connectivity index (χ4v) is 1.10. The first kappa shape index (κ1) is 6.47. The molecule has 2 heterocycles. The second kappa shape index (κ2) is 2.42. The van der Waals surface area contributed by atoms with E-state index in [1.807, 2.05) is 12.2 Å². The predicted molar refractivity (Wildman–Crippen MR) is 45.2 cm³/mol. The van der Waals surface area contributed by atoms with E-state index in [2.05, 4.69) is 16.2 Å². The van der Waals surface area contributed by atoms with E-state index in [0.717, 1.165) is 11.3 Å². The van der Waals surface area contributed by atoms with E-state index in [0.29, 0.717) is 5.16 Å². The lowest BCUT2D eigenvalue weighted by molar-refractivity contribution is 1.03. The van der Waals surface area contributed by atoms with Crippen LogP contribution in [-0.2, 0) is 0 Å². The zero-order chi connectivity index (χ0) is 7.68. The van der Waals surface area contributed by atoms with Gasteiger partial charge in [0.15, 0.2) is 0 Å². The zero-order valence-corrected chi connectivity index (χ0v) is 6.39. The Morgan fingerprint density at radius 2 is 2.36 bits per heavy atom. The Labute approximate surface area is 69.3 Å². The normalized spacial score (nSPS) is 19.5. The number of rotatable bonds is 0. The van der Waals surface area contributed by atoms with Crippen LogP contribution in [0.15, 0.2) is 45.8 Å². The molecule has 0 spiro atoms. The standard InChI is InChI=1S/C8H5ClN2/c9-8-2-1-6-3-4-10-5-7(6)11-8/h1-3,5,11H. The van der Waals surface area contributed by atoms with Crippen molar-refractivity contribution in [1.29, 1.82) is 0 Å². The molecule has 0 bridgehead atoms. The summed E-state index contributed by atoms with van der Waals surface area (Å²) in [6.07, 6.45) is 7.23. The minimum atomic E-state index is 0.616. The first-order valence-corrected chi connectivity index (χ1v) is 3.58. The highest BCUT2D eigenvalue weighted by Crippen LogP contribution is 2.18. The molecular weight excluding hydrogens is 160 g/mol. The van der Waals surface area contributed by atoms with Gasteiger partial charge >= 0.3 is 0 Å². The molecule has 0 saturated heterocycles. The summed E-state index contributed by atoms with van der Waals surface area (Å²) in [6.45, 7) is 0. The lowest BCUT2D eigenvalue weighted by Gasteiger charge is -2.14. The minimum absolute atomic E-state index is 0.616. The van der Waals surface area contributed by atoms with E-state index >= 15 is 0 Å². The second-order valence-electron chi connectivity index (χ2n) is 2.21. The quantitative estimate of drug-likeness (QED) is 0.542. The number of aliphatic imine (C=N–C) groups is 1. The van der Waals surface area contributed by atoms with E-state index in [1.54, 1.807) is 12.3 Å². The fourth-order valence-electron chi connectivity index (χ4n) is 0.937. The van der Waals surface area contributed by atoms with Gasteiger partial charge in [-0.15, -0.1) is 0 Å². The Kier molecular flexibility index (Phi) is 1.42. The second-order valence-corrected chi connectivity index (χ2v) is 2.61. The third kappa shape index (κ3) is 1.14. The summed E-state index contributed by atoms with van der Waals surface area (Å²) in [5.41, 5.74) is 1.99. The zero-order valence-electron chi connectivity index (χ0n) is 5.63. The Balaban J connectivity index is 2.47. The van der Waals surface area contributed by atoms with Crippen molar-refractivity contribution in [1.82, 2.24) is 5.32 Å². The van der Waals surface area contributed by atoms with Crippen LogP contribution >= 0.6 is 11.6 Å². The van der Waals surface area contributed by atoms with Gasteiger partial charge in [-0.05, 0) is 18.0 Å². The van der Waals surface area contributed by atoms with Gasteiger partial charge in [-0.1, -0.05) is 11.6 Å². The van der Waals surface area contributed by atoms with E-state index < -0.39 is 0 Å². The Morgan fingerprint density at radius 1 is 1.45 bits per heavy atom. The number of nitrogens with one attached hydrogen (secondary N) is 1. The average Bonchev–Trinajstić information content (AvgIpc) is 2.04. The molecule has 0 aromatic heterocycles. The summed E-state index contributed by atoms with van der Waals surface area (Å²) in [7, 11) is 0. The van der Waals surface area contributed by atoms with Gasteiger partial charge in [0.05, 0.1) is 11.9 Å². The van der Waals surface area contributed by atoms with Gasteiger partial charge in [0.1, 0.15) is 5.16 Å². The SMILES string of the molecule is ClC1=CC=C2C=C=NC=C2N1. The Hall–Kier alpha value is -1.24. The van der Waals surface area contributed by atoms with Crippen LogP contribution in [-0.4, -0.2) is 5.87 Å². The van der Waals surface area contributed by atoms with E-state index in [1.165, 1.54) is 0 Å². The summed E-state index contributed by atoms with van der Waals surface area (Å²) in [5.74, 6) is 2.74. The molecule has 2 aliphatic heterocycles.